The predicted molar refractivity (Wildman–Crippen MR) is 283 cm³/mol. The second-order valence-corrected chi connectivity index (χ2v) is 26.0. The smallest absolute Gasteiger partial charge is 0.264 e. The summed E-state index contributed by atoms with van der Waals surface area (Å²) in [6.07, 6.45) is 9.37. The van der Waals surface area contributed by atoms with E-state index >= 15 is 0 Å². The maximum absolute atomic E-state index is 10.3. The van der Waals surface area contributed by atoms with Gasteiger partial charge < -0.3 is 58.4 Å². The Kier molecular flexibility index (Phi) is 36.2. The Hall–Kier alpha value is -3.58. The van der Waals surface area contributed by atoms with Gasteiger partial charge >= 0.3 is 0 Å². The third kappa shape index (κ3) is 43.6. The molecule has 74 heavy (non-hydrogen) atoms. The Labute approximate surface area is 449 Å². The van der Waals surface area contributed by atoms with Gasteiger partial charge in [-0.05, 0) is 50.3 Å². The molecule has 0 radical (unpaired) electrons. The van der Waals surface area contributed by atoms with E-state index in [0.717, 1.165) is 0 Å². The molecule has 4 heterocycles. The number of nitrogens with one attached hydrogen (secondary N) is 4. The molecule has 0 aliphatic carbocycles. The number of hydrogen-bond donors (Lipinski definition) is 4. The molecule has 2 aliphatic heterocycles. The van der Waals surface area contributed by atoms with Gasteiger partial charge in [0.1, 0.15) is 0 Å². The first kappa shape index (κ1) is 70.4. The molecule has 0 saturated carbocycles. The molecule has 0 spiro atoms. The zero-order chi connectivity index (χ0) is 56.4. The van der Waals surface area contributed by atoms with E-state index in [9.17, 15) is 71.1 Å². The highest BCUT2D eigenvalue weighted by molar-refractivity contribution is 7.86. The lowest BCUT2D eigenvalue weighted by molar-refractivity contribution is -0.120. The van der Waals surface area contributed by atoms with E-state index in [1.807, 2.05) is 45.4 Å². The number of hydrogen-bond acceptors (Lipinski definition) is 22. The average molecular weight is 1200 g/mol. The second kappa shape index (κ2) is 38.0. The molecule has 4 amide bonds. The summed E-state index contributed by atoms with van der Waals surface area (Å²) in [6.45, 7) is 11.3. The number of allylic oxidation sites excluding steroid dienone is 2. The van der Waals surface area contributed by atoms with Crippen molar-refractivity contribution >= 4 is 119 Å². The molecule has 0 fully saturated rings. The van der Waals surface area contributed by atoms with Gasteiger partial charge in [0, 0.05) is 75.8 Å². The zero-order valence-electron chi connectivity index (χ0n) is 41.5. The minimum atomic E-state index is -4.19. The topological polar surface area (TPSA) is 382 Å². The molecule has 24 nitrogen and oxygen atoms in total. The van der Waals surface area contributed by atoms with Gasteiger partial charge in [0.15, 0.2) is 22.7 Å². The standard InChI is InChI=1S/C18H16S4.4C6H13NO5S/c1-11-3-5-13(19-11)15-7-9-17(21-15)18-10-8-16(22-18)14-6-4-12(2)20-14;4*1-6(8)7-2-3-12-4-5-13(9,10)11/h3-10,17-18H,1-2H3;4*2-5H2,1H3,(H,7,8)(H,9,10,11)/q+2;;;;/p-4. The molecule has 4 N–H and O–H groups in total. The average Bonchev–Trinajstić information content (AvgIpc) is 4.11. The van der Waals surface area contributed by atoms with Gasteiger partial charge in [-0.25, -0.2) is 33.7 Å². The molecule has 2 aromatic rings. The predicted octanol–water partition coefficient (Wildman–Crippen LogP) is -1.05. The van der Waals surface area contributed by atoms with Crippen molar-refractivity contribution in [3.63, 3.8) is 0 Å². The number of thiophene rings is 2. The molecular formula is C42H64N4O20S8-2. The molecule has 2 aromatic heterocycles. The quantitative estimate of drug-likeness (QED) is 0.0359. The fourth-order valence-electron chi connectivity index (χ4n) is 4.83. The van der Waals surface area contributed by atoms with Crippen LogP contribution in [0.25, 0.3) is 0 Å². The summed E-state index contributed by atoms with van der Waals surface area (Å²) in [5.74, 6) is -2.86. The number of amides is 4. The van der Waals surface area contributed by atoms with Crippen molar-refractivity contribution < 1.29 is 90.0 Å². The molecule has 0 bridgehead atoms. The number of aryl methyl sites for hydroxylation is 2. The van der Waals surface area contributed by atoms with Crippen LogP contribution in [0.15, 0.2) is 48.6 Å². The number of rotatable bonds is 27. The van der Waals surface area contributed by atoms with Crippen LogP contribution in [0.2, 0.25) is 0 Å². The number of ether oxygens (including phenoxy) is 4. The van der Waals surface area contributed by atoms with E-state index in [0.29, 0.717) is 36.7 Å². The van der Waals surface area contributed by atoms with Gasteiger partial charge in [0.2, 0.25) is 33.4 Å². The second-order valence-electron chi connectivity index (χ2n) is 14.9. The monoisotopic (exact) mass is 1200 g/mol. The van der Waals surface area contributed by atoms with Crippen molar-refractivity contribution in [2.75, 3.05) is 102 Å². The summed E-state index contributed by atoms with van der Waals surface area (Å²) in [7, 11) is -16.8. The SMILES string of the molecule is CC(=O)NCCOCCS(=O)(=O)[O-].CC(=O)NCCOCCS(=O)(=O)[O-].CC(=O)NCCOCCS(=O)(=O)[O-].CC(=O)NCCOCCS(=O)(=O)[O-].Cc1ccc(C2=[S+]C(C3C=CC(c4ccc(C)s4)=[S+]3)C=C2)s1. The van der Waals surface area contributed by atoms with E-state index in [1.165, 1.54) is 56.9 Å². The molecule has 2 aliphatic rings. The first-order chi connectivity index (χ1) is 34.4. The summed E-state index contributed by atoms with van der Waals surface area (Å²) in [6, 6.07) is 8.92. The maximum Gasteiger partial charge on any atom is 0.264 e. The molecule has 32 heteroatoms. The fraction of sp³-hybridized carbons (Fsp3) is 0.571. The largest absolute Gasteiger partial charge is 0.748 e. The first-order valence-corrected chi connectivity index (χ1v) is 31.7. The van der Waals surface area contributed by atoms with Crippen LogP contribution < -0.4 is 21.3 Å². The minimum absolute atomic E-state index is 0.134. The normalized spacial score (nSPS) is 14.8. The Balaban J connectivity index is 0.000000925. The van der Waals surface area contributed by atoms with E-state index in [2.05, 4.69) is 83.7 Å². The van der Waals surface area contributed by atoms with Crippen LogP contribution in [0.3, 0.4) is 0 Å². The molecule has 2 unspecified atom stereocenters. The molecule has 4 rings (SSSR count). The highest BCUT2D eigenvalue weighted by atomic mass is 32.2. The van der Waals surface area contributed by atoms with Crippen LogP contribution >= 0.6 is 22.7 Å². The van der Waals surface area contributed by atoms with Gasteiger partial charge in [-0.15, -0.1) is 22.7 Å². The van der Waals surface area contributed by atoms with Crippen molar-refractivity contribution in [3.8, 4) is 0 Å². The van der Waals surface area contributed by atoms with Gasteiger partial charge in [-0.3, -0.25) is 19.2 Å². The van der Waals surface area contributed by atoms with Crippen molar-refractivity contribution in [2.24, 2.45) is 0 Å². The van der Waals surface area contributed by atoms with Crippen molar-refractivity contribution in [1.29, 1.82) is 0 Å². The van der Waals surface area contributed by atoms with Crippen molar-refractivity contribution in [3.05, 3.63) is 68.1 Å². The van der Waals surface area contributed by atoms with Crippen LogP contribution in [-0.4, -0.2) is 198 Å². The van der Waals surface area contributed by atoms with Gasteiger partial charge in [0.25, 0.3) is 10.5 Å². The van der Waals surface area contributed by atoms with Crippen molar-refractivity contribution in [2.45, 2.75) is 52.0 Å². The molecule has 2 atom stereocenters. The summed E-state index contributed by atoms with van der Waals surface area (Å²) in [4.78, 5) is 49.7. The van der Waals surface area contributed by atoms with Gasteiger partial charge in [0.05, 0.1) is 126 Å². The molecular weight excluding hydrogens is 1140 g/mol. The number of carbonyl (C=O) groups is 4. The molecule has 0 saturated heterocycles. The van der Waals surface area contributed by atoms with E-state index < -0.39 is 63.5 Å². The third-order valence-corrected chi connectivity index (χ3v) is 15.9. The Bertz CT molecular complexity index is 2330. The van der Waals surface area contributed by atoms with Crippen LogP contribution in [0.1, 0.15) is 47.2 Å². The summed E-state index contributed by atoms with van der Waals surface area (Å²) in [5, 5.41) is 10.9. The lowest BCUT2D eigenvalue weighted by Crippen LogP contribution is -2.25. The highest BCUT2D eigenvalue weighted by Crippen LogP contribution is 2.24. The van der Waals surface area contributed by atoms with Gasteiger partial charge in [-0.2, -0.15) is 0 Å². The Morgan fingerprint density at radius 3 is 0.892 bits per heavy atom. The zero-order valence-corrected chi connectivity index (χ0v) is 48.1. The lowest BCUT2D eigenvalue weighted by atomic mass is 10.2. The maximum atomic E-state index is 10.3. The first-order valence-electron chi connectivity index (χ1n) is 22.0. The Morgan fingerprint density at radius 2 is 0.703 bits per heavy atom. The van der Waals surface area contributed by atoms with Crippen LogP contribution in [0, 0.1) is 13.8 Å². The summed E-state index contributed by atoms with van der Waals surface area (Å²) in [5.41, 5.74) is 0. The Morgan fingerprint density at radius 1 is 0.459 bits per heavy atom. The molecule has 0 aromatic carbocycles. The van der Waals surface area contributed by atoms with E-state index in [-0.39, 0.29) is 76.5 Å². The van der Waals surface area contributed by atoms with E-state index in [4.69, 9.17) is 18.9 Å². The summed E-state index contributed by atoms with van der Waals surface area (Å²) >= 11 is 7.81. The van der Waals surface area contributed by atoms with Gasteiger partial charge in [-0.1, -0.05) is 0 Å². The minimum Gasteiger partial charge on any atom is -0.748 e. The fourth-order valence-corrected chi connectivity index (χ4v) is 10.6. The third-order valence-electron chi connectivity index (χ3n) is 8.08. The highest BCUT2D eigenvalue weighted by Gasteiger charge is 2.42. The lowest BCUT2D eigenvalue weighted by Gasteiger charge is -2.07. The van der Waals surface area contributed by atoms with E-state index in [1.54, 1.807) is 0 Å². The van der Waals surface area contributed by atoms with Crippen LogP contribution in [0.4, 0.5) is 0 Å². The van der Waals surface area contributed by atoms with Crippen LogP contribution in [0.5, 0.6) is 0 Å². The summed E-state index contributed by atoms with van der Waals surface area (Å²) < 4.78 is 140. The molecule has 422 valence electrons. The number of carbonyl (C=O) groups excluding carboxylic acids is 4. The van der Waals surface area contributed by atoms with Crippen molar-refractivity contribution in [1.82, 2.24) is 21.3 Å². The van der Waals surface area contributed by atoms with Crippen LogP contribution in [-0.2, 0) is 101 Å².